The first-order valence-electron chi connectivity index (χ1n) is 8.53. The summed E-state index contributed by atoms with van der Waals surface area (Å²) in [6.45, 7) is 2.23. The molecule has 1 heterocycles. The standard InChI is InChI=1S/C20H16Cl2N2O5/c1-3-29-16-10-11(7-8-15(16)28-2)9-12-18(25)23-20(27)24(19(12)26)14-6-4-5-13(21)17(14)22/h4-10H,3H2,1-2H3,(H,23,25,27)/b12-9+. The number of amides is 4. The molecule has 1 aliphatic heterocycles. The number of hydrogen-bond donors (Lipinski definition) is 1. The van der Waals surface area contributed by atoms with E-state index in [9.17, 15) is 14.4 Å². The molecule has 1 N–H and O–H groups in total. The lowest BCUT2D eigenvalue weighted by Crippen LogP contribution is -2.54. The normalized spacial score (nSPS) is 15.5. The molecule has 0 radical (unpaired) electrons. The molecular weight excluding hydrogens is 419 g/mol. The first-order chi connectivity index (χ1) is 13.9. The molecular formula is C20H16Cl2N2O5. The highest BCUT2D eigenvalue weighted by molar-refractivity contribution is 6.46. The quantitative estimate of drug-likeness (QED) is 0.566. The zero-order chi connectivity index (χ0) is 21.1. The second-order valence-corrected chi connectivity index (χ2v) is 6.66. The number of ether oxygens (including phenoxy) is 2. The first kappa shape index (κ1) is 20.7. The van der Waals surface area contributed by atoms with Crippen molar-refractivity contribution in [3.05, 3.63) is 57.6 Å². The molecule has 0 aliphatic carbocycles. The number of methoxy groups -OCH3 is 1. The lowest BCUT2D eigenvalue weighted by Gasteiger charge is -2.27. The molecule has 9 heteroatoms. The Morgan fingerprint density at radius 1 is 1.10 bits per heavy atom. The Kier molecular flexibility index (Phi) is 6.10. The molecule has 7 nitrogen and oxygen atoms in total. The minimum atomic E-state index is -0.911. The highest BCUT2D eigenvalue weighted by Gasteiger charge is 2.38. The number of imide groups is 2. The van der Waals surface area contributed by atoms with Crippen LogP contribution in [-0.4, -0.2) is 31.6 Å². The van der Waals surface area contributed by atoms with E-state index in [0.29, 0.717) is 23.7 Å². The average molecular weight is 435 g/mol. The zero-order valence-electron chi connectivity index (χ0n) is 15.5. The topological polar surface area (TPSA) is 84.9 Å². The Morgan fingerprint density at radius 2 is 1.86 bits per heavy atom. The molecule has 1 saturated heterocycles. The molecule has 0 saturated carbocycles. The number of urea groups is 1. The molecule has 4 amide bonds. The highest BCUT2D eigenvalue weighted by Crippen LogP contribution is 2.35. The van der Waals surface area contributed by atoms with E-state index in [-0.39, 0.29) is 21.3 Å². The van der Waals surface area contributed by atoms with Crippen molar-refractivity contribution in [1.82, 2.24) is 5.32 Å². The minimum absolute atomic E-state index is 0.0226. The number of carbonyl (C=O) groups is 3. The van der Waals surface area contributed by atoms with Gasteiger partial charge in [-0.2, -0.15) is 0 Å². The summed E-state index contributed by atoms with van der Waals surface area (Å²) < 4.78 is 10.7. The highest BCUT2D eigenvalue weighted by atomic mass is 35.5. The summed E-state index contributed by atoms with van der Waals surface area (Å²) in [6, 6.07) is 8.55. The smallest absolute Gasteiger partial charge is 0.336 e. The van der Waals surface area contributed by atoms with Crippen molar-refractivity contribution < 1.29 is 23.9 Å². The summed E-state index contributed by atoms with van der Waals surface area (Å²) in [5, 5.41) is 2.33. The molecule has 2 aromatic rings. The second-order valence-electron chi connectivity index (χ2n) is 5.87. The monoisotopic (exact) mass is 434 g/mol. The fraction of sp³-hybridized carbons (Fsp3) is 0.150. The van der Waals surface area contributed by atoms with Crippen molar-refractivity contribution in [2.75, 3.05) is 18.6 Å². The van der Waals surface area contributed by atoms with Crippen LogP contribution >= 0.6 is 23.2 Å². The fourth-order valence-electron chi connectivity index (χ4n) is 2.76. The fourth-order valence-corrected chi connectivity index (χ4v) is 3.14. The maximum atomic E-state index is 13.0. The summed E-state index contributed by atoms with van der Waals surface area (Å²) in [6.07, 6.45) is 1.36. The van der Waals surface area contributed by atoms with Crippen LogP contribution < -0.4 is 19.7 Å². The SMILES string of the molecule is CCOc1cc(/C=C2\C(=O)NC(=O)N(c3cccc(Cl)c3Cl)C2=O)ccc1OC. The number of anilines is 1. The van der Waals surface area contributed by atoms with E-state index >= 15 is 0 Å². The van der Waals surface area contributed by atoms with Gasteiger partial charge >= 0.3 is 6.03 Å². The summed E-state index contributed by atoms with van der Waals surface area (Å²) in [4.78, 5) is 38.4. The van der Waals surface area contributed by atoms with Crippen molar-refractivity contribution in [1.29, 1.82) is 0 Å². The van der Waals surface area contributed by atoms with E-state index < -0.39 is 17.8 Å². The van der Waals surface area contributed by atoms with Gasteiger partial charge in [0.25, 0.3) is 11.8 Å². The van der Waals surface area contributed by atoms with Crippen LogP contribution in [0.4, 0.5) is 10.5 Å². The molecule has 0 spiro atoms. The Balaban J connectivity index is 2.04. The van der Waals surface area contributed by atoms with Crippen molar-refractivity contribution in [2.45, 2.75) is 6.92 Å². The number of benzene rings is 2. The number of hydrogen-bond acceptors (Lipinski definition) is 5. The number of carbonyl (C=O) groups excluding carboxylic acids is 3. The van der Waals surface area contributed by atoms with Gasteiger partial charge in [0.05, 0.1) is 29.4 Å². The first-order valence-corrected chi connectivity index (χ1v) is 9.29. The molecule has 1 aliphatic rings. The van der Waals surface area contributed by atoms with Crippen LogP contribution in [0.2, 0.25) is 10.0 Å². The Hall–Kier alpha value is -3.03. The van der Waals surface area contributed by atoms with Gasteiger partial charge in [-0.15, -0.1) is 0 Å². The van der Waals surface area contributed by atoms with Gasteiger partial charge in [0.2, 0.25) is 0 Å². The van der Waals surface area contributed by atoms with E-state index in [2.05, 4.69) is 5.32 Å². The van der Waals surface area contributed by atoms with Gasteiger partial charge in [0.15, 0.2) is 11.5 Å². The van der Waals surface area contributed by atoms with Crippen LogP contribution in [0.15, 0.2) is 42.0 Å². The maximum absolute atomic E-state index is 13.0. The number of nitrogens with zero attached hydrogens (tertiary/aromatic N) is 1. The molecule has 0 unspecified atom stereocenters. The molecule has 3 rings (SSSR count). The summed E-state index contributed by atoms with van der Waals surface area (Å²) in [7, 11) is 1.51. The predicted molar refractivity (Wildman–Crippen MR) is 110 cm³/mol. The lowest BCUT2D eigenvalue weighted by molar-refractivity contribution is -0.122. The van der Waals surface area contributed by atoms with Crippen LogP contribution in [0.25, 0.3) is 6.08 Å². The Labute approximate surface area is 176 Å². The van der Waals surface area contributed by atoms with E-state index in [0.717, 1.165) is 4.90 Å². The van der Waals surface area contributed by atoms with Crippen LogP contribution in [0, 0.1) is 0 Å². The van der Waals surface area contributed by atoms with Gasteiger partial charge < -0.3 is 9.47 Å². The van der Waals surface area contributed by atoms with Gasteiger partial charge in [0.1, 0.15) is 5.57 Å². The van der Waals surface area contributed by atoms with E-state index in [1.807, 2.05) is 6.92 Å². The molecule has 150 valence electrons. The molecule has 29 heavy (non-hydrogen) atoms. The second kappa shape index (κ2) is 8.55. The minimum Gasteiger partial charge on any atom is -0.493 e. The van der Waals surface area contributed by atoms with Crippen molar-refractivity contribution in [3.8, 4) is 11.5 Å². The third-order valence-electron chi connectivity index (χ3n) is 4.07. The Bertz CT molecular complexity index is 1040. The molecule has 0 bridgehead atoms. The summed E-state index contributed by atoms with van der Waals surface area (Å²) in [5.74, 6) is -0.672. The Morgan fingerprint density at radius 3 is 2.55 bits per heavy atom. The van der Waals surface area contributed by atoms with Crippen molar-refractivity contribution in [3.63, 3.8) is 0 Å². The van der Waals surface area contributed by atoms with Gasteiger partial charge in [-0.25, -0.2) is 9.69 Å². The number of nitrogens with one attached hydrogen (secondary N) is 1. The van der Waals surface area contributed by atoms with Crippen LogP contribution in [0.3, 0.4) is 0 Å². The maximum Gasteiger partial charge on any atom is 0.336 e. The van der Waals surface area contributed by atoms with Crippen molar-refractivity contribution >= 4 is 52.8 Å². The van der Waals surface area contributed by atoms with E-state index in [1.165, 1.54) is 25.3 Å². The van der Waals surface area contributed by atoms with E-state index in [1.54, 1.807) is 24.3 Å². The van der Waals surface area contributed by atoms with Crippen molar-refractivity contribution in [2.24, 2.45) is 0 Å². The van der Waals surface area contributed by atoms with Gasteiger partial charge in [0, 0.05) is 0 Å². The molecule has 1 fully saturated rings. The molecule has 2 aromatic carbocycles. The van der Waals surface area contributed by atoms with Crippen LogP contribution in [0.5, 0.6) is 11.5 Å². The van der Waals surface area contributed by atoms with Gasteiger partial charge in [-0.1, -0.05) is 35.3 Å². The third-order valence-corrected chi connectivity index (χ3v) is 4.88. The van der Waals surface area contributed by atoms with Crippen LogP contribution in [-0.2, 0) is 9.59 Å². The number of barbiturate groups is 1. The van der Waals surface area contributed by atoms with Crippen LogP contribution in [0.1, 0.15) is 12.5 Å². The number of rotatable bonds is 5. The predicted octanol–water partition coefficient (Wildman–Crippen LogP) is 4.07. The third kappa shape index (κ3) is 4.06. The van der Waals surface area contributed by atoms with Gasteiger partial charge in [-0.05, 0) is 42.8 Å². The number of halogens is 2. The van der Waals surface area contributed by atoms with E-state index in [4.69, 9.17) is 32.7 Å². The summed E-state index contributed by atoms with van der Waals surface area (Å²) in [5.41, 5.74) is 0.345. The summed E-state index contributed by atoms with van der Waals surface area (Å²) >= 11 is 12.1. The lowest BCUT2D eigenvalue weighted by atomic mass is 10.1. The molecule has 0 atom stereocenters. The van der Waals surface area contributed by atoms with Gasteiger partial charge in [-0.3, -0.25) is 14.9 Å². The zero-order valence-corrected chi connectivity index (χ0v) is 17.0. The largest absolute Gasteiger partial charge is 0.493 e. The molecule has 0 aromatic heterocycles. The average Bonchev–Trinajstić information content (AvgIpc) is 2.69.